The van der Waals surface area contributed by atoms with Gasteiger partial charge in [-0.15, -0.1) is 6.58 Å². The highest BCUT2D eigenvalue weighted by Crippen LogP contribution is 2.28. The zero-order valence-corrected chi connectivity index (χ0v) is 22.8. The van der Waals surface area contributed by atoms with Crippen LogP contribution in [0.1, 0.15) is 41.0 Å². The van der Waals surface area contributed by atoms with Gasteiger partial charge in [0.15, 0.2) is 11.5 Å². The van der Waals surface area contributed by atoms with E-state index in [1.807, 2.05) is 42.5 Å². The van der Waals surface area contributed by atoms with Crippen molar-refractivity contribution in [3.8, 4) is 17.2 Å². The molecule has 3 aromatic carbocycles. The summed E-state index contributed by atoms with van der Waals surface area (Å²) >= 11 is 0. The van der Waals surface area contributed by atoms with E-state index in [1.54, 1.807) is 38.5 Å². The fourth-order valence-electron chi connectivity index (χ4n) is 4.54. The van der Waals surface area contributed by atoms with Crippen molar-refractivity contribution in [3.05, 3.63) is 96.3 Å². The second-order valence-electron chi connectivity index (χ2n) is 9.29. The summed E-state index contributed by atoms with van der Waals surface area (Å²) in [4.78, 5) is 17.3. The third-order valence-corrected chi connectivity index (χ3v) is 6.59. The van der Waals surface area contributed by atoms with Crippen LogP contribution in [0.4, 0.5) is 0 Å². The smallest absolute Gasteiger partial charge is 0.251 e. The lowest BCUT2D eigenvalue weighted by molar-refractivity contribution is 0.0953. The summed E-state index contributed by atoms with van der Waals surface area (Å²) in [5.74, 6) is 3.19. The second-order valence-corrected chi connectivity index (χ2v) is 9.29. The predicted molar refractivity (Wildman–Crippen MR) is 155 cm³/mol. The number of amides is 1. The summed E-state index contributed by atoms with van der Waals surface area (Å²) in [6, 6.07) is 21.4. The Hall–Kier alpha value is -4.26. The molecule has 0 spiro atoms. The molecule has 1 amide bonds. The molecular weight excluding hydrogens is 490 g/mol. The van der Waals surface area contributed by atoms with Crippen molar-refractivity contribution in [1.82, 2.24) is 14.9 Å². The first-order valence-corrected chi connectivity index (χ1v) is 13.4. The van der Waals surface area contributed by atoms with Gasteiger partial charge in [-0.1, -0.05) is 24.3 Å². The van der Waals surface area contributed by atoms with E-state index in [0.29, 0.717) is 18.7 Å². The standard InChI is InChI=1S/C32H37N3O4/c1-4-10-24-14-19-29(30(23-24)38-3)39-22-8-7-21-35-28-12-6-5-11-27(28)34-31(35)13-9-20-33-32(36)25-15-17-26(37-2)18-16-25/h4-6,11-12,14-19,23H,1,7-10,13,20-22H2,2-3H3,(H,33,36). The molecule has 0 aliphatic heterocycles. The average Bonchev–Trinajstić information content (AvgIpc) is 3.32. The molecule has 1 heterocycles. The first-order chi connectivity index (χ1) is 19.1. The topological polar surface area (TPSA) is 74.6 Å². The Morgan fingerprint density at radius 3 is 2.56 bits per heavy atom. The number of allylic oxidation sites excluding steroid dienone is 1. The van der Waals surface area contributed by atoms with Crippen molar-refractivity contribution in [1.29, 1.82) is 0 Å². The number of fused-ring (bicyclic) bond motifs is 1. The molecule has 0 bridgehead atoms. The molecule has 7 nitrogen and oxygen atoms in total. The summed E-state index contributed by atoms with van der Waals surface area (Å²) in [7, 11) is 3.27. The van der Waals surface area contributed by atoms with Crippen molar-refractivity contribution in [2.45, 2.75) is 38.6 Å². The first-order valence-electron chi connectivity index (χ1n) is 13.4. The van der Waals surface area contributed by atoms with E-state index in [4.69, 9.17) is 19.2 Å². The van der Waals surface area contributed by atoms with Gasteiger partial charge in [0.05, 0.1) is 31.9 Å². The maximum Gasteiger partial charge on any atom is 0.251 e. The van der Waals surface area contributed by atoms with Gasteiger partial charge in [-0.3, -0.25) is 4.79 Å². The van der Waals surface area contributed by atoms with E-state index in [0.717, 1.165) is 78.3 Å². The van der Waals surface area contributed by atoms with Gasteiger partial charge in [0, 0.05) is 25.1 Å². The van der Waals surface area contributed by atoms with Crippen LogP contribution < -0.4 is 19.5 Å². The van der Waals surface area contributed by atoms with E-state index in [-0.39, 0.29) is 5.91 Å². The highest BCUT2D eigenvalue weighted by atomic mass is 16.5. The van der Waals surface area contributed by atoms with Gasteiger partial charge in [0.25, 0.3) is 5.91 Å². The number of hydrogen-bond acceptors (Lipinski definition) is 5. The van der Waals surface area contributed by atoms with Crippen LogP contribution in [-0.2, 0) is 19.4 Å². The van der Waals surface area contributed by atoms with Crippen molar-refractivity contribution >= 4 is 16.9 Å². The molecule has 4 rings (SSSR count). The SMILES string of the molecule is C=CCc1ccc(OCCCCn2c(CCCNC(=O)c3ccc(OC)cc3)nc3ccccc32)c(OC)c1. The molecule has 0 saturated heterocycles. The second kappa shape index (κ2) is 14.0. The number of para-hydroxylation sites is 2. The molecule has 0 aliphatic rings. The minimum atomic E-state index is -0.0851. The lowest BCUT2D eigenvalue weighted by atomic mass is 10.1. The number of hydrogen-bond donors (Lipinski definition) is 1. The van der Waals surface area contributed by atoms with Crippen LogP contribution in [0.3, 0.4) is 0 Å². The van der Waals surface area contributed by atoms with E-state index in [1.165, 1.54) is 0 Å². The number of nitrogens with zero attached hydrogens (tertiary/aromatic N) is 2. The molecule has 4 aromatic rings. The number of aromatic nitrogens is 2. The number of aryl methyl sites for hydroxylation is 2. The number of nitrogens with one attached hydrogen (secondary N) is 1. The van der Waals surface area contributed by atoms with Crippen LogP contribution >= 0.6 is 0 Å². The van der Waals surface area contributed by atoms with Gasteiger partial charge in [-0.05, 0) is 79.8 Å². The minimum Gasteiger partial charge on any atom is -0.497 e. The lowest BCUT2D eigenvalue weighted by Crippen LogP contribution is -2.25. The van der Waals surface area contributed by atoms with E-state index in [2.05, 4.69) is 22.5 Å². The van der Waals surface area contributed by atoms with Crippen LogP contribution in [0.2, 0.25) is 0 Å². The highest BCUT2D eigenvalue weighted by molar-refractivity contribution is 5.94. The summed E-state index contributed by atoms with van der Waals surface area (Å²) in [6.07, 6.45) is 6.12. The fourth-order valence-corrected chi connectivity index (χ4v) is 4.54. The van der Waals surface area contributed by atoms with Gasteiger partial charge in [0.2, 0.25) is 0 Å². The number of unbranched alkanes of at least 4 members (excludes halogenated alkanes) is 1. The van der Waals surface area contributed by atoms with Crippen molar-refractivity contribution in [2.24, 2.45) is 0 Å². The molecule has 39 heavy (non-hydrogen) atoms. The summed E-state index contributed by atoms with van der Waals surface area (Å²) in [5.41, 5.74) is 3.90. The Morgan fingerprint density at radius 1 is 0.974 bits per heavy atom. The van der Waals surface area contributed by atoms with Crippen LogP contribution in [-0.4, -0.2) is 42.8 Å². The number of benzene rings is 3. The lowest BCUT2D eigenvalue weighted by Gasteiger charge is -2.13. The molecule has 1 N–H and O–H groups in total. The monoisotopic (exact) mass is 527 g/mol. The number of rotatable bonds is 15. The number of methoxy groups -OCH3 is 2. The zero-order chi connectivity index (χ0) is 27.5. The number of ether oxygens (including phenoxy) is 3. The Morgan fingerprint density at radius 2 is 1.79 bits per heavy atom. The largest absolute Gasteiger partial charge is 0.497 e. The van der Waals surface area contributed by atoms with Crippen molar-refractivity contribution in [3.63, 3.8) is 0 Å². The molecule has 0 aliphatic carbocycles. The van der Waals surface area contributed by atoms with Gasteiger partial charge in [-0.25, -0.2) is 4.98 Å². The minimum absolute atomic E-state index is 0.0851. The molecule has 0 atom stereocenters. The van der Waals surface area contributed by atoms with Gasteiger partial charge < -0.3 is 24.1 Å². The number of imidazole rings is 1. The highest BCUT2D eigenvalue weighted by Gasteiger charge is 2.11. The molecule has 0 unspecified atom stereocenters. The summed E-state index contributed by atoms with van der Waals surface area (Å²) in [5, 5.41) is 3.01. The van der Waals surface area contributed by atoms with Crippen LogP contribution in [0.25, 0.3) is 11.0 Å². The van der Waals surface area contributed by atoms with Gasteiger partial charge in [0.1, 0.15) is 11.6 Å². The molecule has 204 valence electrons. The Labute approximate surface area is 230 Å². The Kier molecular flexibility index (Phi) is 10.0. The van der Waals surface area contributed by atoms with E-state index < -0.39 is 0 Å². The molecule has 0 saturated carbocycles. The van der Waals surface area contributed by atoms with Crippen molar-refractivity contribution < 1.29 is 19.0 Å². The number of carbonyl (C=O) groups excluding carboxylic acids is 1. The zero-order valence-electron chi connectivity index (χ0n) is 22.8. The normalized spacial score (nSPS) is 10.8. The molecule has 0 fully saturated rings. The molecular formula is C32H37N3O4. The van der Waals surface area contributed by atoms with Crippen molar-refractivity contribution in [2.75, 3.05) is 27.4 Å². The van der Waals surface area contributed by atoms with Crippen LogP contribution in [0.15, 0.2) is 79.4 Å². The van der Waals surface area contributed by atoms with Gasteiger partial charge in [-0.2, -0.15) is 0 Å². The maximum atomic E-state index is 12.5. The average molecular weight is 528 g/mol. The van der Waals surface area contributed by atoms with E-state index >= 15 is 0 Å². The predicted octanol–water partition coefficient (Wildman–Crippen LogP) is 6.00. The molecule has 0 radical (unpaired) electrons. The number of carbonyl (C=O) groups is 1. The third kappa shape index (κ3) is 7.41. The van der Waals surface area contributed by atoms with Gasteiger partial charge >= 0.3 is 0 Å². The maximum absolute atomic E-state index is 12.5. The first kappa shape index (κ1) is 27.8. The Bertz CT molecular complexity index is 1380. The fraction of sp³-hybridized carbons (Fsp3) is 0.312. The molecule has 1 aromatic heterocycles. The van der Waals surface area contributed by atoms with Crippen LogP contribution in [0, 0.1) is 0 Å². The quantitative estimate of drug-likeness (QED) is 0.152. The summed E-state index contributed by atoms with van der Waals surface area (Å²) < 4.78 is 19.0. The van der Waals surface area contributed by atoms with E-state index in [9.17, 15) is 4.79 Å². The Balaban J connectivity index is 1.28. The van der Waals surface area contributed by atoms with Crippen LogP contribution in [0.5, 0.6) is 17.2 Å². The third-order valence-electron chi connectivity index (χ3n) is 6.59. The molecule has 7 heteroatoms. The summed E-state index contributed by atoms with van der Waals surface area (Å²) in [6.45, 7) is 5.84.